The third-order valence-electron chi connectivity index (χ3n) is 4.16. The molecule has 2 amide bonds. The second-order valence-electron chi connectivity index (χ2n) is 5.71. The van der Waals surface area contributed by atoms with Gasteiger partial charge in [-0.15, -0.1) is 0 Å². The fourth-order valence-corrected chi connectivity index (χ4v) is 2.74. The summed E-state index contributed by atoms with van der Waals surface area (Å²) in [4.78, 5) is 27.1. The molecule has 0 saturated carbocycles. The van der Waals surface area contributed by atoms with Crippen LogP contribution in [0.15, 0.2) is 0 Å². The fourth-order valence-electron chi connectivity index (χ4n) is 2.74. The molecule has 8 heteroatoms. The summed E-state index contributed by atoms with van der Waals surface area (Å²) in [6.45, 7) is 0.838. The van der Waals surface area contributed by atoms with E-state index in [0.717, 1.165) is 0 Å². The minimum atomic E-state index is -4.22. The number of hydrogen-bond acceptors (Lipinski definition) is 3. The van der Waals surface area contributed by atoms with E-state index in [9.17, 15) is 22.8 Å². The second kappa shape index (κ2) is 6.21. The summed E-state index contributed by atoms with van der Waals surface area (Å²) >= 11 is 0. The number of piperidine rings is 1. The number of alkyl halides is 3. The Balaban J connectivity index is 1.91. The lowest BCUT2D eigenvalue weighted by atomic mass is 9.93. The monoisotopic (exact) mass is 307 g/mol. The number of carbonyl (C=O) groups is 2. The molecule has 2 aliphatic rings. The average molecular weight is 307 g/mol. The van der Waals surface area contributed by atoms with E-state index in [1.54, 1.807) is 11.9 Å². The molecule has 21 heavy (non-hydrogen) atoms. The van der Waals surface area contributed by atoms with Gasteiger partial charge in [-0.1, -0.05) is 0 Å². The van der Waals surface area contributed by atoms with Crippen molar-refractivity contribution >= 4 is 11.8 Å². The van der Waals surface area contributed by atoms with Crippen LogP contribution in [0.3, 0.4) is 0 Å². The number of halogens is 3. The van der Waals surface area contributed by atoms with Crippen LogP contribution in [0.1, 0.15) is 19.3 Å². The van der Waals surface area contributed by atoms with Crippen molar-refractivity contribution in [3.8, 4) is 0 Å². The summed E-state index contributed by atoms with van der Waals surface area (Å²) in [7, 11) is 1.68. The Labute approximate surface area is 121 Å². The van der Waals surface area contributed by atoms with Crippen molar-refractivity contribution < 1.29 is 22.8 Å². The number of hydrogen-bond donors (Lipinski definition) is 1. The lowest BCUT2D eigenvalue weighted by Crippen LogP contribution is -2.53. The minimum Gasteiger partial charge on any atom is -0.344 e. The maximum atomic E-state index is 12.6. The second-order valence-corrected chi connectivity index (χ2v) is 5.71. The number of nitrogens with one attached hydrogen (secondary N) is 1. The van der Waals surface area contributed by atoms with E-state index in [1.807, 2.05) is 0 Å². The first-order valence-electron chi connectivity index (χ1n) is 7.12. The highest BCUT2D eigenvalue weighted by Crippen LogP contribution is 2.32. The van der Waals surface area contributed by atoms with Crippen LogP contribution in [-0.4, -0.2) is 67.1 Å². The van der Waals surface area contributed by atoms with E-state index in [4.69, 9.17) is 0 Å². The zero-order chi connectivity index (χ0) is 15.6. The molecule has 2 saturated heterocycles. The zero-order valence-electron chi connectivity index (χ0n) is 11.9. The molecule has 0 spiro atoms. The molecule has 120 valence electrons. The summed E-state index contributed by atoms with van der Waals surface area (Å²) in [5, 5.41) is 2.68. The quantitative estimate of drug-likeness (QED) is 0.772. The van der Waals surface area contributed by atoms with Gasteiger partial charge < -0.3 is 15.1 Å². The first kappa shape index (κ1) is 16.1. The van der Waals surface area contributed by atoms with Crippen LogP contribution >= 0.6 is 0 Å². The van der Waals surface area contributed by atoms with Crippen LogP contribution in [0.4, 0.5) is 13.2 Å². The first-order chi connectivity index (χ1) is 9.79. The molecule has 2 atom stereocenters. The molecule has 0 aromatic rings. The number of carbonyl (C=O) groups excluding carboxylic acids is 2. The first-order valence-corrected chi connectivity index (χ1v) is 7.12. The molecule has 2 heterocycles. The summed E-state index contributed by atoms with van der Waals surface area (Å²) < 4.78 is 37.8. The van der Waals surface area contributed by atoms with Crippen LogP contribution in [0, 0.1) is 5.92 Å². The predicted molar refractivity (Wildman–Crippen MR) is 69.4 cm³/mol. The Morgan fingerprint density at radius 1 is 1.29 bits per heavy atom. The molecule has 2 aliphatic heterocycles. The predicted octanol–water partition coefficient (Wildman–Crippen LogP) is 0.608. The lowest BCUT2D eigenvalue weighted by Gasteiger charge is -2.33. The summed E-state index contributed by atoms with van der Waals surface area (Å²) in [5.41, 5.74) is 0. The van der Waals surface area contributed by atoms with Crippen LogP contribution in [-0.2, 0) is 9.59 Å². The molecule has 2 rings (SSSR count). The smallest absolute Gasteiger partial charge is 0.344 e. The zero-order valence-corrected chi connectivity index (χ0v) is 11.9. The van der Waals surface area contributed by atoms with Crippen molar-refractivity contribution in [3.05, 3.63) is 0 Å². The molecular formula is C13H20F3N3O2. The topological polar surface area (TPSA) is 52.6 Å². The Hall–Kier alpha value is -1.31. The van der Waals surface area contributed by atoms with Crippen molar-refractivity contribution in [1.82, 2.24) is 15.1 Å². The van der Waals surface area contributed by atoms with E-state index < -0.39 is 18.1 Å². The van der Waals surface area contributed by atoms with Gasteiger partial charge in [-0.2, -0.15) is 13.2 Å². The molecule has 0 aromatic carbocycles. The van der Waals surface area contributed by atoms with Crippen molar-refractivity contribution in [2.45, 2.75) is 31.5 Å². The number of nitrogens with zero attached hydrogens (tertiary/aromatic N) is 2. The molecule has 0 bridgehead atoms. The average Bonchev–Trinajstić information content (AvgIpc) is 2.60. The van der Waals surface area contributed by atoms with E-state index in [2.05, 4.69) is 5.32 Å². The van der Waals surface area contributed by atoms with E-state index in [1.165, 1.54) is 4.90 Å². The van der Waals surface area contributed by atoms with Gasteiger partial charge in [0.15, 0.2) is 0 Å². The van der Waals surface area contributed by atoms with Gasteiger partial charge in [0.05, 0.1) is 18.5 Å². The van der Waals surface area contributed by atoms with Crippen LogP contribution < -0.4 is 5.32 Å². The van der Waals surface area contributed by atoms with E-state index in [0.29, 0.717) is 19.5 Å². The molecule has 0 aromatic heterocycles. The van der Waals surface area contributed by atoms with Crippen LogP contribution in [0.2, 0.25) is 0 Å². The van der Waals surface area contributed by atoms with Gasteiger partial charge in [-0.3, -0.25) is 9.59 Å². The summed E-state index contributed by atoms with van der Waals surface area (Å²) in [6, 6.07) is -0.611. The molecule has 0 aliphatic carbocycles. The van der Waals surface area contributed by atoms with Crippen molar-refractivity contribution in [2.75, 3.05) is 33.2 Å². The van der Waals surface area contributed by atoms with E-state index in [-0.39, 0.29) is 37.7 Å². The molecule has 2 fully saturated rings. The van der Waals surface area contributed by atoms with Gasteiger partial charge in [0.1, 0.15) is 0 Å². The fraction of sp³-hybridized carbons (Fsp3) is 0.846. The number of likely N-dealkylation sites (N-methyl/N-ethyl adjacent to an activating group) is 1. The van der Waals surface area contributed by atoms with Gasteiger partial charge in [0.2, 0.25) is 11.8 Å². The molecule has 5 nitrogen and oxygen atoms in total. The van der Waals surface area contributed by atoms with Gasteiger partial charge >= 0.3 is 6.18 Å². The maximum Gasteiger partial charge on any atom is 0.393 e. The van der Waals surface area contributed by atoms with Crippen LogP contribution in [0.5, 0.6) is 0 Å². The third-order valence-corrected chi connectivity index (χ3v) is 4.16. The summed E-state index contributed by atoms with van der Waals surface area (Å²) in [6.07, 6.45) is -3.42. The Morgan fingerprint density at radius 3 is 2.57 bits per heavy atom. The van der Waals surface area contributed by atoms with Gasteiger partial charge in [0, 0.05) is 26.7 Å². The van der Waals surface area contributed by atoms with Gasteiger partial charge in [0.25, 0.3) is 0 Å². The molecular weight excluding hydrogens is 287 g/mol. The SMILES string of the molecule is CN1CCCN(C(=O)C2CCC(C(F)(F)F)CN2)CC1=O. The largest absolute Gasteiger partial charge is 0.393 e. The Kier molecular flexibility index (Phi) is 4.75. The van der Waals surface area contributed by atoms with Gasteiger partial charge in [-0.05, 0) is 19.3 Å². The minimum absolute atomic E-state index is 0.0101. The van der Waals surface area contributed by atoms with Crippen molar-refractivity contribution in [2.24, 2.45) is 5.92 Å². The van der Waals surface area contributed by atoms with Crippen molar-refractivity contribution in [1.29, 1.82) is 0 Å². The Bertz CT molecular complexity index is 406. The number of rotatable bonds is 1. The third kappa shape index (κ3) is 3.87. The highest BCUT2D eigenvalue weighted by atomic mass is 19.4. The molecule has 0 radical (unpaired) electrons. The number of amides is 2. The maximum absolute atomic E-state index is 12.6. The Morgan fingerprint density at radius 2 is 2.00 bits per heavy atom. The van der Waals surface area contributed by atoms with Crippen molar-refractivity contribution in [3.63, 3.8) is 0 Å². The van der Waals surface area contributed by atoms with E-state index >= 15 is 0 Å². The molecule has 2 unspecified atom stereocenters. The van der Waals surface area contributed by atoms with Gasteiger partial charge in [-0.25, -0.2) is 0 Å². The molecule has 1 N–H and O–H groups in total. The highest BCUT2D eigenvalue weighted by molar-refractivity contribution is 5.87. The normalized spacial score (nSPS) is 28.5. The lowest BCUT2D eigenvalue weighted by molar-refractivity contribution is -0.180. The highest BCUT2D eigenvalue weighted by Gasteiger charge is 2.43. The standard InChI is InChI=1S/C13H20F3N3O2/c1-18-5-2-6-19(8-11(18)20)12(21)10-4-3-9(7-17-10)13(14,15)16/h9-10,17H,2-8H2,1H3. The van der Waals surface area contributed by atoms with Crippen LogP contribution in [0.25, 0.3) is 0 Å². The summed E-state index contributed by atoms with van der Waals surface area (Å²) in [5.74, 6) is -1.79.